The predicted octanol–water partition coefficient (Wildman–Crippen LogP) is 3.80. The molecule has 0 fully saturated rings. The van der Waals surface area contributed by atoms with E-state index in [0.29, 0.717) is 18.2 Å². The van der Waals surface area contributed by atoms with Gasteiger partial charge in [0.2, 0.25) is 0 Å². The smallest absolute Gasteiger partial charge is 0.146 e. The van der Waals surface area contributed by atoms with E-state index in [4.69, 9.17) is 4.42 Å². The molecule has 0 aliphatic rings. The normalized spacial score (nSPS) is 11.1. The van der Waals surface area contributed by atoms with Gasteiger partial charge in [-0.2, -0.15) is 0 Å². The largest absolute Gasteiger partial charge is 0.467 e. The summed E-state index contributed by atoms with van der Waals surface area (Å²) in [7, 11) is 1.87. The third kappa shape index (κ3) is 4.33. The van der Waals surface area contributed by atoms with E-state index in [-0.39, 0.29) is 5.82 Å². The van der Waals surface area contributed by atoms with E-state index in [9.17, 15) is 4.39 Å². The van der Waals surface area contributed by atoms with Gasteiger partial charge in [-0.15, -0.1) is 0 Å². The van der Waals surface area contributed by atoms with Crippen LogP contribution in [0, 0.1) is 11.7 Å². The molecule has 0 bridgehead atoms. The fraction of sp³-hybridized carbons (Fsp3) is 0.412. The average Bonchev–Trinajstić information content (AvgIpc) is 2.86. The zero-order valence-corrected chi connectivity index (χ0v) is 12.9. The fourth-order valence-electron chi connectivity index (χ4n) is 2.22. The number of anilines is 1. The second kappa shape index (κ2) is 7.27. The second-order valence-corrected chi connectivity index (χ2v) is 5.70. The van der Waals surface area contributed by atoms with Gasteiger partial charge in [-0.25, -0.2) is 4.39 Å². The molecule has 0 radical (unpaired) electrons. The van der Waals surface area contributed by atoms with Crippen molar-refractivity contribution in [2.75, 3.05) is 18.5 Å². The molecule has 4 heteroatoms. The second-order valence-electron chi connectivity index (χ2n) is 5.70. The molecular formula is C17H23FN2O. The first-order valence-electron chi connectivity index (χ1n) is 7.29. The summed E-state index contributed by atoms with van der Waals surface area (Å²) in [6, 6.07) is 8.74. The van der Waals surface area contributed by atoms with Crippen LogP contribution in [0.1, 0.15) is 25.2 Å². The summed E-state index contributed by atoms with van der Waals surface area (Å²) in [6.07, 6.45) is 1.69. The van der Waals surface area contributed by atoms with Gasteiger partial charge in [0.1, 0.15) is 11.6 Å². The van der Waals surface area contributed by atoms with E-state index >= 15 is 0 Å². The summed E-state index contributed by atoms with van der Waals surface area (Å²) >= 11 is 0. The highest BCUT2D eigenvalue weighted by atomic mass is 19.1. The number of hydrogen-bond donors (Lipinski definition) is 1. The molecule has 1 heterocycles. The summed E-state index contributed by atoms with van der Waals surface area (Å²) < 4.78 is 19.3. The van der Waals surface area contributed by atoms with Gasteiger partial charge in [-0.3, -0.25) is 0 Å². The molecule has 0 atom stereocenters. The van der Waals surface area contributed by atoms with Gasteiger partial charge in [0.05, 0.1) is 18.5 Å². The predicted molar refractivity (Wildman–Crippen MR) is 83.8 cm³/mol. The van der Waals surface area contributed by atoms with Crippen LogP contribution in [0.2, 0.25) is 0 Å². The van der Waals surface area contributed by atoms with Crippen LogP contribution in [0.3, 0.4) is 0 Å². The van der Waals surface area contributed by atoms with Crippen molar-refractivity contribution in [1.82, 2.24) is 5.32 Å². The Bertz CT molecular complexity index is 565. The van der Waals surface area contributed by atoms with Crippen molar-refractivity contribution in [1.29, 1.82) is 0 Å². The Morgan fingerprint density at radius 3 is 2.71 bits per heavy atom. The summed E-state index contributed by atoms with van der Waals surface area (Å²) in [4.78, 5) is 1.86. The van der Waals surface area contributed by atoms with Crippen molar-refractivity contribution in [2.45, 2.75) is 26.9 Å². The van der Waals surface area contributed by atoms with E-state index in [2.05, 4.69) is 19.2 Å². The molecule has 0 spiro atoms. The van der Waals surface area contributed by atoms with Gasteiger partial charge in [0.15, 0.2) is 0 Å². The lowest BCUT2D eigenvalue weighted by atomic mass is 10.2. The van der Waals surface area contributed by atoms with Crippen molar-refractivity contribution in [2.24, 2.45) is 5.92 Å². The van der Waals surface area contributed by atoms with Crippen molar-refractivity contribution in [3.63, 3.8) is 0 Å². The molecule has 3 nitrogen and oxygen atoms in total. The van der Waals surface area contributed by atoms with Gasteiger partial charge < -0.3 is 14.6 Å². The summed E-state index contributed by atoms with van der Waals surface area (Å²) in [6.45, 7) is 6.64. The first-order valence-corrected chi connectivity index (χ1v) is 7.29. The maximum Gasteiger partial charge on any atom is 0.146 e. The molecule has 2 rings (SSSR count). The third-order valence-electron chi connectivity index (χ3n) is 3.35. The van der Waals surface area contributed by atoms with Crippen LogP contribution in [-0.4, -0.2) is 13.6 Å². The third-order valence-corrected chi connectivity index (χ3v) is 3.35. The van der Waals surface area contributed by atoms with Gasteiger partial charge >= 0.3 is 0 Å². The monoisotopic (exact) mass is 290 g/mol. The number of rotatable bonds is 7. The Morgan fingerprint density at radius 2 is 2.00 bits per heavy atom. The number of benzene rings is 1. The lowest BCUT2D eigenvalue weighted by molar-refractivity contribution is 0.493. The molecule has 0 aliphatic carbocycles. The fourth-order valence-corrected chi connectivity index (χ4v) is 2.22. The minimum atomic E-state index is -0.217. The van der Waals surface area contributed by atoms with E-state index in [1.54, 1.807) is 18.4 Å². The average molecular weight is 290 g/mol. The van der Waals surface area contributed by atoms with Crippen LogP contribution in [-0.2, 0) is 13.1 Å². The highest BCUT2D eigenvalue weighted by Crippen LogP contribution is 2.21. The minimum Gasteiger partial charge on any atom is -0.467 e. The Hall–Kier alpha value is -1.81. The lowest BCUT2D eigenvalue weighted by Crippen LogP contribution is -2.21. The number of hydrogen-bond acceptors (Lipinski definition) is 3. The molecule has 114 valence electrons. The quantitative estimate of drug-likeness (QED) is 0.840. The van der Waals surface area contributed by atoms with Crippen molar-refractivity contribution < 1.29 is 8.81 Å². The number of nitrogens with one attached hydrogen (secondary N) is 1. The summed E-state index contributed by atoms with van der Waals surface area (Å²) in [5.41, 5.74) is 1.70. The molecule has 0 unspecified atom stereocenters. The van der Waals surface area contributed by atoms with E-state index < -0.39 is 0 Å². The van der Waals surface area contributed by atoms with E-state index in [1.165, 1.54) is 6.07 Å². The van der Waals surface area contributed by atoms with Crippen LogP contribution in [0.5, 0.6) is 0 Å². The molecule has 1 N–H and O–H groups in total. The van der Waals surface area contributed by atoms with Crippen molar-refractivity contribution in [3.05, 3.63) is 53.7 Å². The maximum absolute atomic E-state index is 13.8. The molecule has 0 amide bonds. The van der Waals surface area contributed by atoms with Gasteiger partial charge in [0.25, 0.3) is 0 Å². The standard InChI is InChI=1S/C17H23FN2O/c1-13(2)10-19-11-14-8-9-21-17(14)12-20(3)16-7-5-4-6-15(16)18/h4-9,13,19H,10-12H2,1-3H3. The highest BCUT2D eigenvalue weighted by Gasteiger charge is 2.12. The molecule has 0 saturated heterocycles. The minimum absolute atomic E-state index is 0.217. The van der Waals surface area contributed by atoms with Crippen LogP contribution in [0.25, 0.3) is 0 Å². The van der Waals surface area contributed by atoms with Gasteiger partial charge in [-0.1, -0.05) is 26.0 Å². The van der Waals surface area contributed by atoms with E-state index in [1.807, 2.05) is 24.1 Å². The van der Waals surface area contributed by atoms with E-state index in [0.717, 1.165) is 24.4 Å². The number of para-hydroxylation sites is 1. The van der Waals surface area contributed by atoms with Crippen LogP contribution >= 0.6 is 0 Å². The molecule has 0 saturated carbocycles. The Balaban J connectivity index is 2.00. The zero-order chi connectivity index (χ0) is 15.2. The lowest BCUT2D eigenvalue weighted by Gasteiger charge is -2.19. The van der Waals surface area contributed by atoms with Crippen molar-refractivity contribution >= 4 is 5.69 Å². The number of furan rings is 1. The molecule has 1 aromatic carbocycles. The molecule has 21 heavy (non-hydrogen) atoms. The number of halogens is 1. The Morgan fingerprint density at radius 1 is 1.24 bits per heavy atom. The Kier molecular flexibility index (Phi) is 5.39. The Labute approximate surface area is 125 Å². The molecule has 2 aromatic rings. The zero-order valence-electron chi connectivity index (χ0n) is 12.9. The SMILES string of the molecule is CC(C)CNCc1ccoc1CN(C)c1ccccc1F. The van der Waals surface area contributed by atoms with Crippen molar-refractivity contribution in [3.8, 4) is 0 Å². The van der Waals surface area contributed by atoms with Gasteiger partial charge in [-0.05, 0) is 30.7 Å². The van der Waals surface area contributed by atoms with Crippen LogP contribution in [0.15, 0.2) is 41.0 Å². The first-order chi connectivity index (χ1) is 10.1. The number of nitrogens with zero attached hydrogens (tertiary/aromatic N) is 1. The topological polar surface area (TPSA) is 28.4 Å². The molecular weight excluding hydrogens is 267 g/mol. The first kappa shape index (κ1) is 15.6. The molecule has 0 aliphatic heterocycles. The maximum atomic E-state index is 13.8. The van der Waals surface area contributed by atoms with Crippen LogP contribution < -0.4 is 10.2 Å². The summed E-state index contributed by atoms with van der Waals surface area (Å²) in [5.74, 6) is 1.27. The summed E-state index contributed by atoms with van der Waals surface area (Å²) in [5, 5.41) is 3.40. The molecule has 1 aromatic heterocycles. The van der Waals surface area contributed by atoms with Crippen LogP contribution in [0.4, 0.5) is 10.1 Å². The van der Waals surface area contributed by atoms with Gasteiger partial charge in [0, 0.05) is 19.2 Å². The highest BCUT2D eigenvalue weighted by molar-refractivity contribution is 5.47.